The number of alkyl halides is 2. The number of hydrogen-bond donors (Lipinski definition) is 0. The van der Waals surface area contributed by atoms with Gasteiger partial charge in [-0.25, -0.2) is 4.79 Å². The summed E-state index contributed by atoms with van der Waals surface area (Å²) in [6, 6.07) is 12.7. The van der Waals surface area contributed by atoms with Crippen LogP contribution in [0.5, 0.6) is 5.75 Å². The molecule has 0 aliphatic rings. The van der Waals surface area contributed by atoms with E-state index in [9.17, 15) is 18.4 Å². The number of likely N-dealkylation sites (N-methyl/N-ethyl adjacent to an activating group) is 1. The van der Waals surface area contributed by atoms with E-state index in [-0.39, 0.29) is 11.7 Å². The van der Waals surface area contributed by atoms with E-state index in [0.717, 1.165) is 11.1 Å². The summed E-state index contributed by atoms with van der Waals surface area (Å²) in [6.45, 7) is -2.55. The number of benzene rings is 2. The number of carbonyl (C=O) groups excluding carboxylic acids is 2. The van der Waals surface area contributed by atoms with Crippen LogP contribution in [0.2, 0.25) is 0 Å². The Kier molecular flexibility index (Phi) is 7.05. The van der Waals surface area contributed by atoms with Crippen LogP contribution in [0.1, 0.15) is 21.5 Å². The molecule has 0 spiro atoms. The molecule has 0 aliphatic heterocycles. The van der Waals surface area contributed by atoms with Crippen LogP contribution in [0.25, 0.3) is 6.08 Å². The number of methoxy groups -OCH3 is 1. The summed E-state index contributed by atoms with van der Waals surface area (Å²) < 4.78 is 33.2. The topological polar surface area (TPSA) is 55.8 Å². The SMILES string of the molecule is COC(=O)c1ccc(/C=C/C(=O)N(C)Cc2ccc(OC(F)F)cc2)cc1. The zero-order chi connectivity index (χ0) is 19.8. The summed E-state index contributed by atoms with van der Waals surface area (Å²) in [5.41, 5.74) is 1.97. The van der Waals surface area contributed by atoms with Crippen LogP contribution in [0.3, 0.4) is 0 Å². The Morgan fingerprint density at radius 3 is 2.26 bits per heavy atom. The molecule has 2 rings (SSSR count). The Labute approximate surface area is 155 Å². The maximum Gasteiger partial charge on any atom is 0.387 e. The van der Waals surface area contributed by atoms with E-state index in [1.165, 1.54) is 30.2 Å². The van der Waals surface area contributed by atoms with Crippen LogP contribution in [-0.4, -0.2) is 37.5 Å². The first-order valence-electron chi connectivity index (χ1n) is 8.04. The lowest BCUT2D eigenvalue weighted by molar-refractivity contribution is -0.125. The highest BCUT2D eigenvalue weighted by atomic mass is 19.3. The molecule has 2 aromatic rings. The van der Waals surface area contributed by atoms with Gasteiger partial charge in [0.15, 0.2) is 0 Å². The fraction of sp³-hybridized carbons (Fsp3) is 0.200. The van der Waals surface area contributed by atoms with Gasteiger partial charge >= 0.3 is 12.6 Å². The molecule has 0 saturated carbocycles. The van der Waals surface area contributed by atoms with Crippen LogP contribution in [-0.2, 0) is 16.1 Å². The lowest BCUT2D eigenvalue weighted by Gasteiger charge is -2.15. The molecule has 5 nitrogen and oxygen atoms in total. The number of amides is 1. The smallest absolute Gasteiger partial charge is 0.387 e. The van der Waals surface area contributed by atoms with Crippen molar-refractivity contribution in [2.75, 3.05) is 14.2 Å². The van der Waals surface area contributed by atoms with E-state index in [4.69, 9.17) is 0 Å². The molecule has 0 fully saturated rings. The third-order valence-corrected chi connectivity index (χ3v) is 3.69. The average molecular weight is 375 g/mol. The van der Waals surface area contributed by atoms with Gasteiger partial charge in [0.25, 0.3) is 0 Å². The molecule has 0 atom stereocenters. The van der Waals surface area contributed by atoms with Crippen molar-refractivity contribution in [2.45, 2.75) is 13.2 Å². The zero-order valence-corrected chi connectivity index (χ0v) is 14.9. The lowest BCUT2D eigenvalue weighted by atomic mass is 10.1. The predicted octanol–water partition coefficient (Wildman–Crippen LogP) is 3.75. The molecule has 27 heavy (non-hydrogen) atoms. The molecule has 0 bridgehead atoms. The second-order valence-corrected chi connectivity index (χ2v) is 5.66. The van der Waals surface area contributed by atoms with Crippen molar-refractivity contribution in [1.29, 1.82) is 0 Å². The first kappa shape index (κ1) is 20.1. The molecule has 0 radical (unpaired) electrons. The fourth-order valence-electron chi connectivity index (χ4n) is 2.27. The molecule has 0 N–H and O–H groups in total. The minimum absolute atomic E-state index is 0.0676. The quantitative estimate of drug-likeness (QED) is 0.546. The van der Waals surface area contributed by atoms with E-state index in [1.807, 2.05) is 0 Å². The Hall–Kier alpha value is -3.22. The monoisotopic (exact) mass is 375 g/mol. The summed E-state index contributed by atoms with van der Waals surface area (Å²) in [6.07, 6.45) is 3.06. The normalized spacial score (nSPS) is 10.9. The average Bonchev–Trinajstić information content (AvgIpc) is 2.67. The molecule has 0 aromatic heterocycles. The van der Waals surface area contributed by atoms with Crippen LogP contribution < -0.4 is 4.74 Å². The van der Waals surface area contributed by atoms with Gasteiger partial charge in [0.05, 0.1) is 12.7 Å². The van der Waals surface area contributed by atoms with Gasteiger partial charge in [-0.1, -0.05) is 24.3 Å². The second-order valence-electron chi connectivity index (χ2n) is 5.66. The highest BCUT2D eigenvalue weighted by Crippen LogP contribution is 2.16. The highest BCUT2D eigenvalue weighted by Gasteiger charge is 2.08. The fourth-order valence-corrected chi connectivity index (χ4v) is 2.27. The van der Waals surface area contributed by atoms with Gasteiger partial charge in [-0.3, -0.25) is 4.79 Å². The molecular formula is C20H19F2NO4. The molecule has 1 amide bonds. The maximum atomic E-state index is 12.2. The third kappa shape index (κ3) is 6.22. The van der Waals surface area contributed by atoms with E-state index in [0.29, 0.717) is 12.1 Å². The van der Waals surface area contributed by atoms with Crippen molar-refractivity contribution in [1.82, 2.24) is 4.90 Å². The van der Waals surface area contributed by atoms with Gasteiger partial charge in [-0.15, -0.1) is 0 Å². The standard InChI is InChI=1S/C20H19F2NO4/c1-23(13-15-5-10-17(11-6-15)27-20(21)22)18(24)12-7-14-3-8-16(9-4-14)19(25)26-2/h3-12,20H,13H2,1-2H3/b12-7+. The van der Waals surface area contributed by atoms with Crippen molar-refractivity contribution < 1.29 is 27.8 Å². The van der Waals surface area contributed by atoms with Gasteiger partial charge in [-0.05, 0) is 41.5 Å². The van der Waals surface area contributed by atoms with E-state index in [2.05, 4.69) is 9.47 Å². The molecule has 0 heterocycles. The summed E-state index contributed by atoms with van der Waals surface area (Å²) in [5.74, 6) is -0.579. The Morgan fingerprint density at radius 2 is 1.70 bits per heavy atom. The van der Waals surface area contributed by atoms with Crippen molar-refractivity contribution in [3.63, 3.8) is 0 Å². The van der Waals surface area contributed by atoms with Gasteiger partial charge in [-0.2, -0.15) is 8.78 Å². The Bertz CT molecular complexity index is 802. The van der Waals surface area contributed by atoms with Gasteiger partial charge in [0, 0.05) is 19.7 Å². The first-order valence-corrected chi connectivity index (χ1v) is 8.04. The van der Waals surface area contributed by atoms with E-state index in [1.54, 1.807) is 49.5 Å². The van der Waals surface area contributed by atoms with Crippen LogP contribution in [0.15, 0.2) is 54.6 Å². The van der Waals surface area contributed by atoms with Gasteiger partial charge in [0.2, 0.25) is 5.91 Å². The number of nitrogens with zero attached hydrogens (tertiary/aromatic N) is 1. The minimum Gasteiger partial charge on any atom is -0.465 e. The Balaban J connectivity index is 1.92. The first-order chi connectivity index (χ1) is 12.9. The number of carbonyl (C=O) groups is 2. The second kappa shape index (κ2) is 9.47. The highest BCUT2D eigenvalue weighted by molar-refractivity contribution is 5.92. The van der Waals surface area contributed by atoms with Crippen molar-refractivity contribution in [2.24, 2.45) is 0 Å². The molecule has 142 valence electrons. The molecule has 2 aromatic carbocycles. The van der Waals surface area contributed by atoms with Crippen LogP contribution in [0, 0.1) is 0 Å². The number of rotatable bonds is 7. The molecular weight excluding hydrogens is 356 g/mol. The predicted molar refractivity (Wildman–Crippen MR) is 96.4 cm³/mol. The Morgan fingerprint density at radius 1 is 1.07 bits per heavy atom. The van der Waals surface area contributed by atoms with Crippen molar-refractivity contribution in [3.8, 4) is 5.75 Å². The number of ether oxygens (including phenoxy) is 2. The molecule has 7 heteroatoms. The molecule has 0 aliphatic carbocycles. The van der Waals surface area contributed by atoms with E-state index < -0.39 is 12.6 Å². The summed E-state index contributed by atoms with van der Waals surface area (Å²) in [4.78, 5) is 25.1. The summed E-state index contributed by atoms with van der Waals surface area (Å²) >= 11 is 0. The molecule has 0 unspecified atom stereocenters. The maximum absolute atomic E-state index is 12.2. The number of hydrogen-bond acceptors (Lipinski definition) is 4. The van der Waals surface area contributed by atoms with E-state index >= 15 is 0 Å². The van der Waals surface area contributed by atoms with Gasteiger partial charge in [0.1, 0.15) is 5.75 Å². The van der Waals surface area contributed by atoms with Gasteiger partial charge < -0.3 is 14.4 Å². The lowest BCUT2D eigenvalue weighted by Crippen LogP contribution is -2.24. The van der Waals surface area contributed by atoms with Crippen LogP contribution >= 0.6 is 0 Å². The van der Waals surface area contributed by atoms with Crippen LogP contribution in [0.4, 0.5) is 8.78 Å². The molecule has 0 saturated heterocycles. The number of halogens is 2. The van der Waals surface area contributed by atoms with Crippen molar-refractivity contribution in [3.05, 3.63) is 71.3 Å². The minimum atomic E-state index is -2.87. The largest absolute Gasteiger partial charge is 0.465 e. The number of esters is 1. The zero-order valence-electron chi connectivity index (χ0n) is 14.9. The summed E-state index contributed by atoms with van der Waals surface area (Å²) in [5, 5.41) is 0. The van der Waals surface area contributed by atoms with Crippen molar-refractivity contribution >= 4 is 18.0 Å². The third-order valence-electron chi connectivity index (χ3n) is 3.69. The summed E-state index contributed by atoms with van der Waals surface area (Å²) in [7, 11) is 2.95.